The zero-order valence-corrected chi connectivity index (χ0v) is 12.7. The van der Waals surface area contributed by atoms with Crippen LogP contribution in [0.3, 0.4) is 0 Å². The number of nitrogens with zero attached hydrogens (tertiary/aromatic N) is 3. The SMILES string of the molecule is CCc1cc(CN(CC(N)=S)C2CCCC2)n(C)n1. The van der Waals surface area contributed by atoms with Gasteiger partial charge in [-0.25, -0.2) is 0 Å². The molecule has 1 aromatic rings. The molecule has 2 N–H and O–H groups in total. The molecule has 1 aliphatic carbocycles. The van der Waals surface area contributed by atoms with Gasteiger partial charge in [-0.05, 0) is 25.3 Å². The van der Waals surface area contributed by atoms with Crippen molar-refractivity contribution in [1.82, 2.24) is 14.7 Å². The van der Waals surface area contributed by atoms with E-state index in [1.807, 2.05) is 11.7 Å². The lowest BCUT2D eigenvalue weighted by molar-refractivity contribution is 0.213. The quantitative estimate of drug-likeness (QED) is 0.810. The van der Waals surface area contributed by atoms with Gasteiger partial charge in [-0.3, -0.25) is 9.58 Å². The standard InChI is InChI=1S/C14H24N4S/c1-3-11-8-13(17(2)16-11)9-18(10-14(15)19)12-6-4-5-7-12/h8,12H,3-7,9-10H2,1-2H3,(H2,15,19). The Hall–Kier alpha value is -0.940. The Labute approximate surface area is 121 Å². The first-order valence-corrected chi connectivity index (χ1v) is 7.55. The Morgan fingerprint density at radius 3 is 2.74 bits per heavy atom. The van der Waals surface area contributed by atoms with E-state index in [1.165, 1.54) is 31.4 Å². The van der Waals surface area contributed by atoms with E-state index >= 15 is 0 Å². The first-order chi connectivity index (χ1) is 9.10. The third-order valence-electron chi connectivity index (χ3n) is 3.95. The minimum absolute atomic E-state index is 0.588. The lowest BCUT2D eigenvalue weighted by Gasteiger charge is -2.28. The highest BCUT2D eigenvalue weighted by Gasteiger charge is 2.24. The molecule has 0 spiro atoms. The molecule has 0 amide bonds. The molecule has 0 unspecified atom stereocenters. The molecule has 1 fully saturated rings. The van der Waals surface area contributed by atoms with Crippen LogP contribution in [0.1, 0.15) is 44.0 Å². The molecule has 0 aliphatic heterocycles. The van der Waals surface area contributed by atoms with Crippen molar-refractivity contribution in [2.45, 2.75) is 51.6 Å². The average molecular weight is 280 g/mol. The lowest BCUT2D eigenvalue weighted by Crippen LogP contribution is -2.39. The molecule has 0 saturated heterocycles. The highest BCUT2D eigenvalue weighted by atomic mass is 32.1. The largest absolute Gasteiger partial charge is 0.392 e. The van der Waals surface area contributed by atoms with E-state index in [-0.39, 0.29) is 0 Å². The van der Waals surface area contributed by atoms with E-state index in [0.717, 1.165) is 18.7 Å². The fourth-order valence-corrected chi connectivity index (χ4v) is 3.05. The van der Waals surface area contributed by atoms with Crippen LogP contribution in [0.5, 0.6) is 0 Å². The fourth-order valence-electron chi connectivity index (χ4n) is 2.88. The summed E-state index contributed by atoms with van der Waals surface area (Å²) in [5.41, 5.74) is 8.15. The van der Waals surface area contributed by atoms with Gasteiger partial charge in [0, 0.05) is 26.2 Å². The smallest absolute Gasteiger partial charge is 0.0870 e. The molecule has 2 rings (SSSR count). The van der Waals surface area contributed by atoms with Crippen molar-refractivity contribution in [2.24, 2.45) is 12.8 Å². The highest BCUT2D eigenvalue weighted by Crippen LogP contribution is 2.24. The van der Waals surface area contributed by atoms with Gasteiger partial charge < -0.3 is 5.73 Å². The summed E-state index contributed by atoms with van der Waals surface area (Å²) in [6.07, 6.45) is 6.16. The van der Waals surface area contributed by atoms with Crippen molar-refractivity contribution in [3.63, 3.8) is 0 Å². The summed E-state index contributed by atoms with van der Waals surface area (Å²) in [7, 11) is 2.02. The third-order valence-corrected chi connectivity index (χ3v) is 4.08. The van der Waals surface area contributed by atoms with Crippen LogP contribution in [0, 0.1) is 0 Å². The first kappa shape index (κ1) is 14.5. The molecule has 1 aromatic heterocycles. The lowest BCUT2D eigenvalue weighted by atomic mass is 10.2. The van der Waals surface area contributed by atoms with Gasteiger partial charge in [0.1, 0.15) is 0 Å². The van der Waals surface area contributed by atoms with Crippen LogP contribution < -0.4 is 5.73 Å². The Balaban J connectivity index is 2.09. The van der Waals surface area contributed by atoms with Gasteiger partial charge in [-0.1, -0.05) is 32.0 Å². The topological polar surface area (TPSA) is 47.1 Å². The molecule has 1 heterocycles. The van der Waals surface area contributed by atoms with E-state index in [0.29, 0.717) is 17.6 Å². The second-order valence-corrected chi connectivity index (χ2v) is 5.94. The number of aryl methyl sites for hydroxylation is 2. The van der Waals surface area contributed by atoms with E-state index < -0.39 is 0 Å². The second kappa shape index (κ2) is 6.48. The fraction of sp³-hybridized carbons (Fsp3) is 0.714. The van der Waals surface area contributed by atoms with E-state index in [4.69, 9.17) is 18.0 Å². The third kappa shape index (κ3) is 3.76. The van der Waals surface area contributed by atoms with Crippen molar-refractivity contribution in [3.05, 3.63) is 17.5 Å². The van der Waals surface area contributed by atoms with Crippen molar-refractivity contribution < 1.29 is 0 Å². The van der Waals surface area contributed by atoms with Gasteiger partial charge in [0.15, 0.2) is 0 Å². The summed E-state index contributed by atoms with van der Waals surface area (Å²) in [5, 5.41) is 4.51. The maximum Gasteiger partial charge on any atom is 0.0870 e. The minimum Gasteiger partial charge on any atom is -0.392 e. The predicted molar refractivity (Wildman–Crippen MR) is 82.0 cm³/mol. The number of rotatable bonds is 6. The summed E-state index contributed by atoms with van der Waals surface area (Å²) in [4.78, 5) is 3.01. The Bertz CT molecular complexity index is 435. The van der Waals surface area contributed by atoms with Crippen LogP contribution in [0.4, 0.5) is 0 Å². The predicted octanol–water partition coefficient (Wildman–Crippen LogP) is 2.01. The van der Waals surface area contributed by atoms with E-state index in [9.17, 15) is 0 Å². The summed E-state index contributed by atoms with van der Waals surface area (Å²) in [6, 6.07) is 2.82. The molecular weight excluding hydrogens is 256 g/mol. The normalized spacial score (nSPS) is 16.4. The zero-order chi connectivity index (χ0) is 13.8. The van der Waals surface area contributed by atoms with Crippen LogP contribution in [0.15, 0.2) is 6.07 Å². The molecular formula is C14H24N4S. The van der Waals surface area contributed by atoms with E-state index in [2.05, 4.69) is 23.0 Å². The molecule has 106 valence electrons. The van der Waals surface area contributed by atoms with Gasteiger partial charge in [0.2, 0.25) is 0 Å². The van der Waals surface area contributed by atoms with Gasteiger partial charge in [0.05, 0.1) is 16.4 Å². The second-order valence-electron chi connectivity index (χ2n) is 5.41. The Morgan fingerprint density at radius 2 is 2.21 bits per heavy atom. The maximum atomic E-state index is 5.75. The summed E-state index contributed by atoms with van der Waals surface area (Å²) in [6.45, 7) is 3.74. The molecule has 1 saturated carbocycles. The molecule has 0 radical (unpaired) electrons. The summed E-state index contributed by atoms with van der Waals surface area (Å²) < 4.78 is 1.99. The van der Waals surface area contributed by atoms with Crippen molar-refractivity contribution in [3.8, 4) is 0 Å². The monoisotopic (exact) mass is 280 g/mol. The maximum absolute atomic E-state index is 5.75. The zero-order valence-electron chi connectivity index (χ0n) is 11.9. The number of aromatic nitrogens is 2. The van der Waals surface area contributed by atoms with Gasteiger partial charge in [0.25, 0.3) is 0 Å². The van der Waals surface area contributed by atoms with E-state index in [1.54, 1.807) is 0 Å². The molecule has 4 nitrogen and oxygen atoms in total. The first-order valence-electron chi connectivity index (χ1n) is 7.14. The number of nitrogens with two attached hydrogens (primary N) is 1. The van der Waals surface area contributed by atoms with Gasteiger partial charge >= 0.3 is 0 Å². The van der Waals surface area contributed by atoms with Crippen molar-refractivity contribution in [2.75, 3.05) is 6.54 Å². The molecule has 1 aliphatic rings. The Morgan fingerprint density at radius 1 is 1.53 bits per heavy atom. The molecule has 0 atom stereocenters. The van der Waals surface area contributed by atoms with Crippen LogP contribution >= 0.6 is 12.2 Å². The minimum atomic E-state index is 0.588. The van der Waals surface area contributed by atoms with Crippen LogP contribution in [0.2, 0.25) is 0 Å². The van der Waals surface area contributed by atoms with Crippen LogP contribution in [-0.4, -0.2) is 32.3 Å². The van der Waals surface area contributed by atoms with Crippen LogP contribution in [0.25, 0.3) is 0 Å². The van der Waals surface area contributed by atoms with Crippen molar-refractivity contribution in [1.29, 1.82) is 0 Å². The van der Waals surface area contributed by atoms with Gasteiger partial charge in [-0.15, -0.1) is 0 Å². The summed E-state index contributed by atoms with van der Waals surface area (Å²) >= 11 is 5.10. The molecule has 19 heavy (non-hydrogen) atoms. The average Bonchev–Trinajstić information content (AvgIpc) is 2.98. The highest BCUT2D eigenvalue weighted by molar-refractivity contribution is 7.80. The molecule has 5 heteroatoms. The van der Waals surface area contributed by atoms with Crippen molar-refractivity contribution >= 4 is 17.2 Å². The number of thiocarbonyl (C=S) groups is 1. The van der Waals surface area contributed by atoms with Gasteiger partial charge in [-0.2, -0.15) is 5.10 Å². The summed E-state index contributed by atoms with van der Waals surface area (Å²) in [5.74, 6) is 0. The number of hydrogen-bond acceptors (Lipinski definition) is 3. The molecule has 0 aromatic carbocycles. The Kier molecular flexibility index (Phi) is 4.93. The van der Waals surface area contributed by atoms with Crippen LogP contribution in [-0.2, 0) is 20.0 Å². The molecule has 0 bridgehead atoms. The number of hydrogen-bond donors (Lipinski definition) is 1.